The number of hydrogen-bond donors (Lipinski definition) is 1. The van der Waals surface area contributed by atoms with Crippen molar-refractivity contribution in [1.29, 1.82) is 0 Å². The van der Waals surface area contributed by atoms with Crippen LogP contribution in [-0.4, -0.2) is 35.3 Å². The average molecular weight is 290 g/mol. The van der Waals surface area contributed by atoms with Crippen molar-refractivity contribution in [3.63, 3.8) is 0 Å². The molecule has 2 unspecified atom stereocenters. The van der Waals surface area contributed by atoms with Gasteiger partial charge in [-0.15, -0.1) is 12.3 Å². The summed E-state index contributed by atoms with van der Waals surface area (Å²) in [6.07, 6.45) is 13.4. The van der Waals surface area contributed by atoms with E-state index in [1.54, 1.807) is 4.90 Å². The SMILES string of the molecule is C#CCCCCN1C(=O)C(C2CCCCC2)NC(=O)C1C. The number of nitrogens with zero attached hydrogens (tertiary/aromatic N) is 1. The van der Waals surface area contributed by atoms with Crippen LogP contribution in [0.15, 0.2) is 0 Å². The molecule has 1 saturated carbocycles. The van der Waals surface area contributed by atoms with Crippen LogP contribution in [0.3, 0.4) is 0 Å². The van der Waals surface area contributed by atoms with Gasteiger partial charge in [-0.05, 0) is 38.5 Å². The quantitative estimate of drug-likeness (QED) is 0.622. The zero-order valence-corrected chi connectivity index (χ0v) is 12.9. The topological polar surface area (TPSA) is 49.4 Å². The first-order valence-electron chi connectivity index (χ1n) is 8.19. The van der Waals surface area contributed by atoms with Gasteiger partial charge in [0.1, 0.15) is 12.1 Å². The Morgan fingerprint density at radius 2 is 1.95 bits per heavy atom. The highest BCUT2D eigenvalue weighted by molar-refractivity contribution is 5.96. The maximum atomic E-state index is 12.7. The molecule has 1 N–H and O–H groups in total. The lowest BCUT2D eigenvalue weighted by Crippen LogP contribution is -2.64. The summed E-state index contributed by atoms with van der Waals surface area (Å²) in [4.78, 5) is 26.6. The molecule has 4 heteroatoms. The van der Waals surface area contributed by atoms with Crippen molar-refractivity contribution in [2.45, 2.75) is 70.4 Å². The number of rotatable bonds is 5. The van der Waals surface area contributed by atoms with Gasteiger partial charge in [0, 0.05) is 13.0 Å². The van der Waals surface area contributed by atoms with Crippen LogP contribution >= 0.6 is 0 Å². The van der Waals surface area contributed by atoms with Gasteiger partial charge in [0.05, 0.1) is 0 Å². The van der Waals surface area contributed by atoms with Gasteiger partial charge in [-0.3, -0.25) is 9.59 Å². The van der Waals surface area contributed by atoms with Crippen LogP contribution in [0.4, 0.5) is 0 Å². The lowest BCUT2D eigenvalue weighted by molar-refractivity contribution is -0.150. The Bertz CT molecular complexity index is 421. The number of unbranched alkanes of at least 4 members (excludes halogenated alkanes) is 2. The number of carbonyl (C=O) groups excluding carboxylic acids is 2. The summed E-state index contributed by atoms with van der Waals surface area (Å²) in [5, 5.41) is 2.95. The third-order valence-corrected chi connectivity index (χ3v) is 4.79. The molecule has 2 aliphatic rings. The van der Waals surface area contributed by atoms with Crippen molar-refractivity contribution in [1.82, 2.24) is 10.2 Å². The maximum Gasteiger partial charge on any atom is 0.246 e. The number of terminal acetylenes is 1. The van der Waals surface area contributed by atoms with E-state index in [2.05, 4.69) is 11.2 Å². The van der Waals surface area contributed by atoms with Gasteiger partial charge in [-0.2, -0.15) is 0 Å². The molecule has 1 saturated heterocycles. The first-order valence-corrected chi connectivity index (χ1v) is 8.19. The summed E-state index contributed by atoms with van der Waals surface area (Å²) in [5.74, 6) is 3.02. The van der Waals surface area contributed by atoms with Crippen LogP contribution in [0, 0.1) is 18.3 Å². The summed E-state index contributed by atoms with van der Waals surface area (Å²) in [6.45, 7) is 2.45. The molecule has 116 valence electrons. The van der Waals surface area contributed by atoms with Crippen molar-refractivity contribution in [3.8, 4) is 12.3 Å². The molecule has 0 aromatic carbocycles. The lowest BCUT2D eigenvalue weighted by atomic mass is 9.82. The van der Waals surface area contributed by atoms with E-state index in [0.717, 1.165) is 32.1 Å². The van der Waals surface area contributed by atoms with Crippen LogP contribution in [0.1, 0.15) is 58.3 Å². The summed E-state index contributed by atoms with van der Waals surface area (Å²) in [5.41, 5.74) is 0. The molecule has 0 aromatic rings. The Labute approximate surface area is 127 Å². The summed E-state index contributed by atoms with van der Waals surface area (Å²) in [7, 11) is 0. The monoisotopic (exact) mass is 290 g/mol. The molecule has 21 heavy (non-hydrogen) atoms. The predicted molar refractivity (Wildman–Crippen MR) is 82.4 cm³/mol. The van der Waals surface area contributed by atoms with Crippen molar-refractivity contribution < 1.29 is 9.59 Å². The number of nitrogens with one attached hydrogen (secondary N) is 1. The van der Waals surface area contributed by atoms with Crippen LogP contribution in [0.5, 0.6) is 0 Å². The number of carbonyl (C=O) groups is 2. The zero-order chi connectivity index (χ0) is 15.2. The molecule has 0 bridgehead atoms. The molecule has 4 nitrogen and oxygen atoms in total. The fourth-order valence-electron chi connectivity index (χ4n) is 3.45. The second-order valence-electron chi connectivity index (χ2n) is 6.25. The first kappa shape index (κ1) is 15.9. The third kappa shape index (κ3) is 3.78. The molecular weight excluding hydrogens is 264 g/mol. The van der Waals surface area contributed by atoms with Crippen molar-refractivity contribution in [2.75, 3.05) is 6.54 Å². The van der Waals surface area contributed by atoms with Crippen LogP contribution in [0.2, 0.25) is 0 Å². The van der Waals surface area contributed by atoms with Crippen molar-refractivity contribution in [3.05, 3.63) is 0 Å². The van der Waals surface area contributed by atoms with E-state index in [9.17, 15) is 9.59 Å². The molecule has 2 atom stereocenters. The average Bonchev–Trinajstić information content (AvgIpc) is 2.51. The zero-order valence-electron chi connectivity index (χ0n) is 12.9. The number of hydrogen-bond acceptors (Lipinski definition) is 2. The van der Waals surface area contributed by atoms with Gasteiger partial charge in [0.25, 0.3) is 0 Å². The summed E-state index contributed by atoms with van der Waals surface area (Å²) < 4.78 is 0. The van der Waals surface area contributed by atoms with Crippen molar-refractivity contribution >= 4 is 11.8 Å². The minimum Gasteiger partial charge on any atom is -0.342 e. The molecule has 1 aliphatic heterocycles. The van der Waals surface area contributed by atoms with Gasteiger partial charge < -0.3 is 10.2 Å². The highest BCUT2D eigenvalue weighted by Crippen LogP contribution is 2.29. The Morgan fingerprint density at radius 1 is 1.24 bits per heavy atom. The van der Waals surface area contributed by atoms with Crippen molar-refractivity contribution in [2.24, 2.45) is 5.92 Å². The minimum absolute atomic E-state index is 0.0119. The van der Waals surface area contributed by atoms with E-state index in [4.69, 9.17) is 6.42 Å². The molecule has 2 fully saturated rings. The molecule has 1 heterocycles. The fraction of sp³-hybridized carbons (Fsp3) is 0.765. The Kier molecular flexibility index (Phi) is 5.67. The van der Waals surface area contributed by atoms with Gasteiger partial charge in [0.2, 0.25) is 11.8 Å². The second-order valence-corrected chi connectivity index (χ2v) is 6.25. The van der Waals surface area contributed by atoms with Gasteiger partial charge >= 0.3 is 0 Å². The first-order chi connectivity index (χ1) is 10.1. The number of piperazine rings is 1. The molecule has 1 aliphatic carbocycles. The van der Waals surface area contributed by atoms with E-state index in [-0.39, 0.29) is 23.9 Å². The lowest BCUT2D eigenvalue weighted by Gasteiger charge is -2.41. The second kappa shape index (κ2) is 7.49. The molecule has 0 aromatic heterocycles. The third-order valence-electron chi connectivity index (χ3n) is 4.79. The Morgan fingerprint density at radius 3 is 2.62 bits per heavy atom. The summed E-state index contributed by atoms with van der Waals surface area (Å²) in [6, 6.07) is -0.662. The van der Waals surface area contributed by atoms with E-state index in [1.165, 1.54) is 19.3 Å². The molecule has 0 spiro atoms. The fourth-order valence-corrected chi connectivity index (χ4v) is 3.45. The van der Waals surface area contributed by atoms with E-state index < -0.39 is 0 Å². The highest BCUT2D eigenvalue weighted by Gasteiger charge is 2.41. The van der Waals surface area contributed by atoms with E-state index in [1.807, 2.05) is 6.92 Å². The van der Waals surface area contributed by atoms with Crippen LogP contribution in [0.25, 0.3) is 0 Å². The molecular formula is C17H26N2O2. The standard InChI is InChI=1S/C17H26N2O2/c1-3-4-5-9-12-19-13(2)16(20)18-15(17(19)21)14-10-7-6-8-11-14/h1,13-15H,4-12H2,2H3,(H,18,20). The predicted octanol–water partition coefficient (Wildman–Crippen LogP) is 2.09. The molecule has 0 radical (unpaired) electrons. The van der Waals surface area contributed by atoms with Gasteiger partial charge in [-0.25, -0.2) is 0 Å². The van der Waals surface area contributed by atoms with E-state index in [0.29, 0.717) is 12.5 Å². The highest BCUT2D eigenvalue weighted by atomic mass is 16.2. The van der Waals surface area contributed by atoms with Gasteiger partial charge in [0.15, 0.2) is 0 Å². The van der Waals surface area contributed by atoms with E-state index >= 15 is 0 Å². The largest absolute Gasteiger partial charge is 0.342 e. The number of amides is 2. The van der Waals surface area contributed by atoms with Crippen LogP contribution < -0.4 is 5.32 Å². The maximum absolute atomic E-state index is 12.7. The minimum atomic E-state index is -0.358. The van der Waals surface area contributed by atoms with Crippen LogP contribution in [-0.2, 0) is 9.59 Å². The Hall–Kier alpha value is -1.50. The normalized spacial score (nSPS) is 27.3. The van der Waals surface area contributed by atoms with Gasteiger partial charge in [-0.1, -0.05) is 19.3 Å². The Balaban J connectivity index is 1.99. The smallest absolute Gasteiger partial charge is 0.246 e. The molecule has 2 amide bonds. The molecule has 2 rings (SSSR count). The summed E-state index contributed by atoms with van der Waals surface area (Å²) >= 11 is 0.